The summed E-state index contributed by atoms with van der Waals surface area (Å²) in [5.74, 6) is -0.482. The van der Waals surface area contributed by atoms with Crippen molar-refractivity contribution < 1.29 is 19.1 Å². The average Bonchev–Trinajstić information content (AvgIpc) is 2.43. The number of esters is 1. The van der Waals surface area contributed by atoms with Gasteiger partial charge >= 0.3 is 12.1 Å². The first-order valence-electron chi connectivity index (χ1n) is 7.22. The van der Waals surface area contributed by atoms with Gasteiger partial charge in [-0.3, -0.25) is 4.90 Å². The van der Waals surface area contributed by atoms with Gasteiger partial charge in [-0.15, -0.1) is 0 Å². The second kappa shape index (κ2) is 6.81. The zero-order valence-corrected chi connectivity index (χ0v) is 14.2. The van der Waals surface area contributed by atoms with Gasteiger partial charge in [-0.05, 0) is 40.2 Å². The van der Waals surface area contributed by atoms with Crippen LogP contribution >= 0.6 is 0 Å². The van der Waals surface area contributed by atoms with Crippen molar-refractivity contribution in [3.05, 3.63) is 35.9 Å². The Morgan fingerprint density at radius 2 is 1.59 bits per heavy atom. The Morgan fingerprint density at radius 3 is 2.09 bits per heavy atom. The summed E-state index contributed by atoms with van der Waals surface area (Å²) < 4.78 is 10.6. The molecule has 122 valence electrons. The molecule has 0 atom stereocenters. The molecule has 0 N–H and O–H groups in total. The van der Waals surface area contributed by atoms with E-state index in [2.05, 4.69) is 0 Å². The number of hydrogen-bond donors (Lipinski definition) is 0. The van der Waals surface area contributed by atoms with Crippen LogP contribution in [0.2, 0.25) is 0 Å². The zero-order valence-electron chi connectivity index (χ0n) is 14.2. The van der Waals surface area contributed by atoms with Crippen molar-refractivity contribution in [1.82, 2.24) is 4.90 Å². The third kappa shape index (κ3) is 5.06. The highest BCUT2D eigenvalue weighted by Crippen LogP contribution is 2.19. The standard InChI is InChI=1S/C17H25NO4/c1-16(2,3)22-15(20)18(6)17(4,5)14(19)21-12-13-10-8-7-9-11-13/h7-11H,12H2,1-6H3. The van der Waals surface area contributed by atoms with Gasteiger partial charge in [0.15, 0.2) is 0 Å². The van der Waals surface area contributed by atoms with Crippen LogP contribution in [-0.4, -0.2) is 35.2 Å². The fourth-order valence-corrected chi connectivity index (χ4v) is 1.60. The predicted octanol–water partition coefficient (Wildman–Crippen LogP) is 3.38. The Bertz CT molecular complexity index is 517. The van der Waals surface area contributed by atoms with Crippen LogP contribution in [-0.2, 0) is 20.9 Å². The number of amides is 1. The van der Waals surface area contributed by atoms with Crippen molar-refractivity contribution in [3.8, 4) is 0 Å². The lowest BCUT2D eigenvalue weighted by Gasteiger charge is -2.34. The number of carbonyl (C=O) groups is 2. The number of hydrogen-bond acceptors (Lipinski definition) is 4. The molecule has 0 aliphatic carbocycles. The topological polar surface area (TPSA) is 55.8 Å². The third-order valence-electron chi connectivity index (χ3n) is 3.22. The van der Waals surface area contributed by atoms with Gasteiger partial charge in [0.05, 0.1) is 0 Å². The molecule has 0 radical (unpaired) electrons. The SMILES string of the molecule is CN(C(=O)OC(C)(C)C)C(C)(C)C(=O)OCc1ccccc1. The van der Waals surface area contributed by atoms with Gasteiger partial charge in [-0.2, -0.15) is 0 Å². The van der Waals surface area contributed by atoms with Gasteiger partial charge in [0.1, 0.15) is 17.7 Å². The molecular weight excluding hydrogens is 282 g/mol. The summed E-state index contributed by atoms with van der Waals surface area (Å²) in [5, 5.41) is 0. The molecule has 0 saturated carbocycles. The van der Waals surface area contributed by atoms with Crippen LogP contribution in [0, 0.1) is 0 Å². The molecule has 1 rings (SSSR count). The van der Waals surface area contributed by atoms with Crippen LogP contribution in [0.25, 0.3) is 0 Å². The Morgan fingerprint density at radius 1 is 1.05 bits per heavy atom. The number of likely N-dealkylation sites (N-methyl/N-ethyl adjacent to an activating group) is 1. The van der Waals surface area contributed by atoms with E-state index in [9.17, 15) is 9.59 Å². The first kappa shape index (κ1) is 18.0. The second-order valence-corrected chi connectivity index (χ2v) is 6.66. The molecule has 0 aromatic heterocycles. The zero-order chi connectivity index (χ0) is 17.0. The molecule has 0 spiro atoms. The number of carbonyl (C=O) groups excluding carboxylic acids is 2. The van der Waals surface area contributed by atoms with Crippen molar-refractivity contribution in [2.24, 2.45) is 0 Å². The molecule has 0 saturated heterocycles. The molecule has 1 amide bonds. The monoisotopic (exact) mass is 307 g/mol. The summed E-state index contributed by atoms with van der Waals surface area (Å²) in [6.07, 6.45) is -0.561. The summed E-state index contributed by atoms with van der Waals surface area (Å²) in [6.45, 7) is 8.76. The van der Waals surface area contributed by atoms with E-state index < -0.39 is 23.2 Å². The second-order valence-electron chi connectivity index (χ2n) is 6.66. The molecule has 0 heterocycles. The minimum atomic E-state index is -1.11. The highest BCUT2D eigenvalue weighted by Gasteiger charge is 2.38. The molecule has 0 aliphatic rings. The van der Waals surface area contributed by atoms with Crippen molar-refractivity contribution in [1.29, 1.82) is 0 Å². The largest absolute Gasteiger partial charge is 0.459 e. The number of nitrogens with zero attached hydrogens (tertiary/aromatic N) is 1. The van der Waals surface area contributed by atoms with E-state index in [0.29, 0.717) is 0 Å². The van der Waals surface area contributed by atoms with Crippen LogP contribution in [0.4, 0.5) is 4.79 Å². The Hall–Kier alpha value is -2.04. The van der Waals surface area contributed by atoms with Gasteiger partial charge in [0.25, 0.3) is 0 Å². The smallest absolute Gasteiger partial charge is 0.410 e. The minimum Gasteiger partial charge on any atom is -0.459 e. The normalized spacial score (nSPS) is 11.7. The predicted molar refractivity (Wildman–Crippen MR) is 84.3 cm³/mol. The number of rotatable bonds is 4. The van der Waals surface area contributed by atoms with Crippen LogP contribution < -0.4 is 0 Å². The average molecular weight is 307 g/mol. The molecule has 1 aromatic rings. The molecule has 1 aromatic carbocycles. The van der Waals surface area contributed by atoms with Crippen LogP contribution in [0.3, 0.4) is 0 Å². The minimum absolute atomic E-state index is 0.172. The quantitative estimate of drug-likeness (QED) is 0.800. The third-order valence-corrected chi connectivity index (χ3v) is 3.22. The van der Waals surface area contributed by atoms with E-state index in [1.807, 2.05) is 30.3 Å². The fraction of sp³-hybridized carbons (Fsp3) is 0.529. The van der Waals surface area contributed by atoms with Gasteiger partial charge in [-0.1, -0.05) is 30.3 Å². The maximum atomic E-state index is 12.3. The maximum Gasteiger partial charge on any atom is 0.410 e. The van der Waals surface area contributed by atoms with E-state index in [4.69, 9.17) is 9.47 Å². The molecule has 0 fully saturated rings. The van der Waals surface area contributed by atoms with E-state index in [1.165, 1.54) is 11.9 Å². The van der Waals surface area contributed by atoms with E-state index in [1.54, 1.807) is 34.6 Å². The number of benzene rings is 1. The molecule has 5 heteroatoms. The molecule has 5 nitrogen and oxygen atoms in total. The van der Waals surface area contributed by atoms with E-state index >= 15 is 0 Å². The lowest BCUT2D eigenvalue weighted by atomic mass is 10.0. The lowest BCUT2D eigenvalue weighted by Crippen LogP contribution is -2.52. The summed E-state index contributed by atoms with van der Waals surface area (Å²) in [4.78, 5) is 25.6. The van der Waals surface area contributed by atoms with Crippen LogP contribution in [0.15, 0.2) is 30.3 Å². The lowest BCUT2D eigenvalue weighted by molar-refractivity contribution is -0.156. The Balaban J connectivity index is 2.67. The Labute approximate surface area is 132 Å². The first-order valence-corrected chi connectivity index (χ1v) is 7.22. The molecular formula is C17H25NO4. The fourth-order valence-electron chi connectivity index (χ4n) is 1.60. The van der Waals surface area contributed by atoms with Crippen molar-refractivity contribution in [2.45, 2.75) is 52.4 Å². The number of ether oxygens (including phenoxy) is 2. The maximum absolute atomic E-state index is 12.3. The van der Waals surface area contributed by atoms with E-state index in [0.717, 1.165) is 5.56 Å². The molecule has 22 heavy (non-hydrogen) atoms. The highest BCUT2D eigenvalue weighted by molar-refractivity contribution is 5.84. The van der Waals surface area contributed by atoms with E-state index in [-0.39, 0.29) is 6.61 Å². The first-order chi connectivity index (χ1) is 10.0. The Kier molecular flexibility index (Phi) is 5.58. The van der Waals surface area contributed by atoms with Gasteiger partial charge < -0.3 is 9.47 Å². The van der Waals surface area contributed by atoms with Gasteiger partial charge in [0, 0.05) is 7.05 Å². The highest BCUT2D eigenvalue weighted by atomic mass is 16.6. The molecule has 0 bridgehead atoms. The van der Waals surface area contributed by atoms with Crippen LogP contribution in [0.5, 0.6) is 0 Å². The van der Waals surface area contributed by atoms with Crippen molar-refractivity contribution in [2.75, 3.05) is 7.05 Å². The van der Waals surface area contributed by atoms with Crippen molar-refractivity contribution in [3.63, 3.8) is 0 Å². The molecule has 0 unspecified atom stereocenters. The summed E-state index contributed by atoms with van der Waals surface area (Å²) in [7, 11) is 1.53. The van der Waals surface area contributed by atoms with Crippen LogP contribution in [0.1, 0.15) is 40.2 Å². The van der Waals surface area contributed by atoms with Crippen molar-refractivity contribution >= 4 is 12.1 Å². The summed E-state index contributed by atoms with van der Waals surface area (Å²) >= 11 is 0. The summed E-state index contributed by atoms with van der Waals surface area (Å²) in [5.41, 5.74) is -0.835. The summed E-state index contributed by atoms with van der Waals surface area (Å²) in [6, 6.07) is 9.39. The van der Waals surface area contributed by atoms with Gasteiger partial charge in [-0.25, -0.2) is 9.59 Å². The van der Waals surface area contributed by atoms with Gasteiger partial charge in [0.2, 0.25) is 0 Å². The molecule has 0 aliphatic heterocycles.